The van der Waals surface area contributed by atoms with Gasteiger partial charge in [-0.3, -0.25) is 14.5 Å². The molecule has 1 saturated heterocycles. The second-order valence-electron chi connectivity index (χ2n) is 9.21. The summed E-state index contributed by atoms with van der Waals surface area (Å²) in [6, 6.07) is 8.45. The molecule has 0 spiro atoms. The van der Waals surface area contributed by atoms with Crippen LogP contribution in [0.3, 0.4) is 0 Å². The molecule has 1 aliphatic rings. The normalized spacial score (nSPS) is 18.4. The number of carbonyl (C=O) groups excluding carboxylic acids is 2. The predicted molar refractivity (Wildman–Crippen MR) is 145 cm³/mol. The Labute approximate surface area is 230 Å². The van der Waals surface area contributed by atoms with Crippen LogP contribution in [-0.2, 0) is 20.8 Å². The van der Waals surface area contributed by atoms with Crippen LogP contribution < -0.4 is 16.4 Å². The minimum Gasteiger partial charge on any atom is -0.398 e. The van der Waals surface area contributed by atoms with Crippen LogP contribution in [0.4, 0.5) is 18.9 Å². The summed E-state index contributed by atoms with van der Waals surface area (Å²) in [4.78, 5) is 28.4. The van der Waals surface area contributed by atoms with E-state index < -0.39 is 57.5 Å². The van der Waals surface area contributed by atoms with Crippen molar-refractivity contribution in [3.8, 4) is 0 Å². The summed E-state index contributed by atoms with van der Waals surface area (Å²) in [6.07, 6.45) is -0.549. The molecule has 1 heterocycles. The first-order chi connectivity index (χ1) is 18.3. The lowest BCUT2D eigenvalue weighted by Crippen LogP contribution is -2.55. The van der Waals surface area contributed by atoms with Gasteiger partial charge in [-0.15, -0.1) is 18.3 Å². The molecule has 2 amide bonds. The van der Waals surface area contributed by atoms with Gasteiger partial charge in [-0.1, -0.05) is 6.08 Å². The smallest absolute Gasteiger partial charge is 0.398 e. The van der Waals surface area contributed by atoms with E-state index >= 15 is 0 Å². The summed E-state index contributed by atoms with van der Waals surface area (Å²) >= 11 is 1.50. The van der Waals surface area contributed by atoms with E-state index in [4.69, 9.17) is 5.73 Å². The van der Waals surface area contributed by atoms with E-state index in [0.717, 1.165) is 17.0 Å². The first kappa shape index (κ1) is 30.5. The number of likely N-dealkylation sites (tertiary alicyclic amines) is 1. The Balaban J connectivity index is 1.68. The van der Waals surface area contributed by atoms with Gasteiger partial charge in [-0.2, -0.15) is 13.2 Å². The summed E-state index contributed by atoms with van der Waals surface area (Å²) in [5.41, 5.74) is 4.07. The molecule has 0 radical (unpaired) electrons. The Morgan fingerprint density at radius 2 is 1.90 bits per heavy atom. The van der Waals surface area contributed by atoms with E-state index in [0.29, 0.717) is 32.1 Å². The van der Waals surface area contributed by atoms with E-state index in [2.05, 4.69) is 17.2 Å². The van der Waals surface area contributed by atoms with E-state index in [1.807, 2.05) is 11.2 Å². The summed E-state index contributed by atoms with van der Waals surface area (Å²) in [7, 11) is -3.64. The molecule has 3 rings (SSSR count). The summed E-state index contributed by atoms with van der Waals surface area (Å²) in [5, 5.41) is 5.09. The molecule has 0 unspecified atom stereocenters. The van der Waals surface area contributed by atoms with Crippen molar-refractivity contribution in [3.05, 3.63) is 66.2 Å². The molecule has 2 atom stereocenters. The van der Waals surface area contributed by atoms with Gasteiger partial charge in [0.25, 0.3) is 5.91 Å². The number of nitrogen functional groups attached to an aromatic ring is 1. The Hall–Kier alpha value is -3.03. The fraction of sp³-hybridized carbons (Fsp3) is 0.385. The Morgan fingerprint density at radius 3 is 2.51 bits per heavy atom. The minimum absolute atomic E-state index is 0.163. The number of nitrogens with one attached hydrogen (secondary N) is 2. The van der Waals surface area contributed by atoms with E-state index in [9.17, 15) is 31.2 Å². The molecule has 1 aliphatic heterocycles. The van der Waals surface area contributed by atoms with Gasteiger partial charge in [0.1, 0.15) is 0 Å². The van der Waals surface area contributed by atoms with Crippen molar-refractivity contribution in [2.75, 3.05) is 43.9 Å². The number of thioether (sulfide) groups is 1. The third-order valence-corrected chi connectivity index (χ3v) is 9.06. The van der Waals surface area contributed by atoms with Crippen LogP contribution in [-0.4, -0.2) is 69.4 Å². The number of hydrogen-bond acceptors (Lipinski definition) is 7. The second-order valence-corrected chi connectivity index (χ2v) is 12.1. The third-order valence-electron chi connectivity index (χ3n) is 6.46. The number of nitrogens with two attached hydrogens (primary N) is 1. The molecule has 0 aliphatic carbocycles. The zero-order valence-electron chi connectivity index (χ0n) is 21.3. The highest BCUT2D eigenvalue weighted by molar-refractivity contribution is 7.98. The maximum absolute atomic E-state index is 13.1. The summed E-state index contributed by atoms with van der Waals surface area (Å²) in [5.74, 6) is -2.11. The highest BCUT2D eigenvalue weighted by Gasteiger charge is 2.34. The number of nitrogens with zero attached hydrogens (tertiary/aromatic N) is 1. The van der Waals surface area contributed by atoms with Gasteiger partial charge in [-0.05, 0) is 67.6 Å². The van der Waals surface area contributed by atoms with Gasteiger partial charge in [0.05, 0.1) is 28.3 Å². The minimum atomic E-state index is -4.66. The number of rotatable bonds is 10. The summed E-state index contributed by atoms with van der Waals surface area (Å²) < 4.78 is 65.4. The highest BCUT2D eigenvalue weighted by Crippen LogP contribution is 2.31. The molecule has 13 heteroatoms. The van der Waals surface area contributed by atoms with Crippen molar-refractivity contribution in [1.29, 1.82) is 0 Å². The first-order valence-electron chi connectivity index (χ1n) is 12.1. The van der Waals surface area contributed by atoms with Gasteiger partial charge in [0.2, 0.25) is 5.91 Å². The van der Waals surface area contributed by atoms with Crippen LogP contribution in [0.5, 0.6) is 0 Å². The van der Waals surface area contributed by atoms with Crippen molar-refractivity contribution in [3.63, 3.8) is 0 Å². The number of alkyl halides is 3. The van der Waals surface area contributed by atoms with Crippen molar-refractivity contribution >= 4 is 39.1 Å². The first-order valence-corrected chi connectivity index (χ1v) is 15.0. The lowest BCUT2D eigenvalue weighted by atomic mass is 9.93. The fourth-order valence-electron chi connectivity index (χ4n) is 4.38. The van der Waals surface area contributed by atoms with Gasteiger partial charge in [0.15, 0.2) is 9.84 Å². The summed E-state index contributed by atoms with van der Waals surface area (Å²) in [6.45, 7) is 4.74. The Bertz CT molecular complexity index is 1300. The van der Waals surface area contributed by atoms with Crippen LogP contribution >= 0.6 is 11.8 Å². The zero-order chi connectivity index (χ0) is 28.8. The van der Waals surface area contributed by atoms with Crippen LogP contribution in [0.15, 0.2) is 64.9 Å². The second kappa shape index (κ2) is 12.9. The average Bonchev–Trinajstić information content (AvgIpc) is 2.88. The monoisotopic (exact) mass is 584 g/mol. The van der Waals surface area contributed by atoms with Crippen LogP contribution in [0, 0.1) is 5.92 Å². The fourth-order valence-corrected chi connectivity index (χ4v) is 6.50. The number of piperidine rings is 1. The molecule has 2 aromatic carbocycles. The van der Waals surface area contributed by atoms with E-state index in [1.54, 1.807) is 30.3 Å². The van der Waals surface area contributed by atoms with E-state index in [-0.39, 0.29) is 16.3 Å². The van der Waals surface area contributed by atoms with Crippen LogP contribution in [0.25, 0.3) is 0 Å². The van der Waals surface area contributed by atoms with Gasteiger partial charge >= 0.3 is 6.18 Å². The molecule has 0 aromatic heterocycles. The predicted octanol–water partition coefficient (Wildman–Crippen LogP) is 3.21. The molecule has 0 bridgehead atoms. The number of sulfone groups is 1. The molecule has 0 saturated carbocycles. The average molecular weight is 585 g/mol. The van der Waals surface area contributed by atoms with Crippen molar-refractivity contribution in [1.82, 2.24) is 15.5 Å². The Morgan fingerprint density at radius 1 is 1.21 bits per heavy atom. The molecular formula is C26H31F3N4O4S2. The molecule has 1 fully saturated rings. The molecule has 212 valence electrons. The quantitative estimate of drug-likeness (QED) is 0.223. The maximum Gasteiger partial charge on any atom is 0.416 e. The number of hydrogen-bond donors (Lipinski definition) is 3. The molecule has 2 aromatic rings. The van der Waals surface area contributed by atoms with Crippen LogP contribution in [0.1, 0.15) is 22.3 Å². The van der Waals surface area contributed by atoms with Crippen molar-refractivity contribution < 1.29 is 31.2 Å². The standard InChI is InChI=1S/C26H31F3N4O4S2/c1-3-11-33-12-10-17(16-39(36,37)20-7-5-19(38-2)6-8-20)23(15-33)32-24(34)14-31-25(35)21-13-18(26(27,28)29)4-9-22(21)30/h3-9,13,17,23H,1,10-12,14-16,30H2,2H3,(H,31,35)(H,32,34)/t17-,23-/m0/s1. The number of anilines is 1. The molecule has 4 N–H and O–H groups in total. The van der Waals surface area contributed by atoms with E-state index in [1.165, 1.54) is 11.8 Å². The maximum atomic E-state index is 13.1. The zero-order valence-corrected chi connectivity index (χ0v) is 23.0. The topological polar surface area (TPSA) is 122 Å². The SMILES string of the molecule is C=CCN1CC[C@@H](CS(=O)(=O)c2ccc(SC)cc2)[C@@H](NC(=O)CNC(=O)c2cc(C(F)(F)F)ccc2N)C1. The van der Waals surface area contributed by atoms with Crippen molar-refractivity contribution in [2.24, 2.45) is 5.92 Å². The molecule has 8 nitrogen and oxygen atoms in total. The number of carbonyl (C=O) groups is 2. The largest absolute Gasteiger partial charge is 0.416 e. The number of halogens is 3. The van der Waals surface area contributed by atoms with Crippen molar-refractivity contribution in [2.45, 2.75) is 28.4 Å². The number of amides is 2. The third kappa shape index (κ3) is 8.23. The molecule has 39 heavy (non-hydrogen) atoms. The highest BCUT2D eigenvalue weighted by atomic mass is 32.2. The van der Waals surface area contributed by atoms with Gasteiger partial charge in [0, 0.05) is 29.7 Å². The number of benzene rings is 2. The van der Waals surface area contributed by atoms with Crippen LogP contribution in [0.2, 0.25) is 0 Å². The lowest BCUT2D eigenvalue weighted by Gasteiger charge is -2.38. The lowest BCUT2D eigenvalue weighted by molar-refractivity contribution is -0.137. The van der Waals surface area contributed by atoms with Gasteiger partial charge in [-0.25, -0.2) is 8.42 Å². The Kier molecular flexibility index (Phi) is 10.1. The molecular weight excluding hydrogens is 553 g/mol. The van der Waals surface area contributed by atoms with Gasteiger partial charge < -0.3 is 16.4 Å².